The molecule has 0 unspecified atom stereocenters. The van der Waals surface area contributed by atoms with E-state index in [0.29, 0.717) is 29.6 Å². The first-order valence-corrected chi connectivity index (χ1v) is 9.05. The third-order valence-corrected chi connectivity index (χ3v) is 4.34. The lowest BCUT2D eigenvalue weighted by Crippen LogP contribution is -2.16. The number of rotatable bonds is 6. The highest BCUT2D eigenvalue weighted by atomic mass is 16.7. The minimum Gasteiger partial charge on any atom is -0.495 e. The van der Waals surface area contributed by atoms with Crippen molar-refractivity contribution in [2.75, 3.05) is 24.5 Å². The number of nitrogens with zero attached hydrogens (tertiary/aromatic N) is 2. The predicted molar refractivity (Wildman–Crippen MR) is 108 cm³/mol. The summed E-state index contributed by atoms with van der Waals surface area (Å²) in [6.45, 7) is 2.49. The predicted octanol–water partition coefficient (Wildman–Crippen LogP) is 3.39. The molecule has 3 aromatic rings. The van der Waals surface area contributed by atoms with Gasteiger partial charge in [-0.3, -0.25) is 4.79 Å². The highest BCUT2D eigenvalue weighted by Crippen LogP contribution is 2.32. The lowest BCUT2D eigenvalue weighted by molar-refractivity contribution is 0.102. The van der Waals surface area contributed by atoms with Crippen molar-refractivity contribution in [3.63, 3.8) is 0 Å². The molecule has 1 aliphatic rings. The Morgan fingerprint density at radius 2 is 1.93 bits per heavy atom. The summed E-state index contributed by atoms with van der Waals surface area (Å²) in [7, 11) is 1.55. The van der Waals surface area contributed by atoms with Gasteiger partial charge in [-0.2, -0.15) is 0 Å². The fourth-order valence-electron chi connectivity index (χ4n) is 2.95. The summed E-state index contributed by atoms with van der Waals surface area (Å²) in [5.74, 6) is 2.74. The maximum atomic E-state index is 12.7. The van der Waals surface area contributed by atoms with E-state index in [1.807, 2.05) is 30.3 Å². The number of benzene rings is 2. The van der Waals surface area contributed by atoms with Crippen LogP contribution < -0.4 is 24.8 Å². The summed E-state index contributed by atoms with van der Waals surface area (Å²) >= 11 is 0. The number of para-hydroxylation sites is 2. The van der Waals surface area contributed by atoms with Crippen molar-refractivity contribution < 1.29 is 19.0 Å². The molecule has 1 aromatic heterocycles. The van der Waals surface area contributed by atoms with Crippen LogP contribution in [-0.4, -0.2) is 29.8 Å². The Bertz CT molecular complexity index is 1050. The standard InChI is InChI=1S/C21H20N4O4/c1-13-23-16(21(26)25-15-5-3-4-6-17(15)27-2)10-20(24-13)22-11-14-7-8-18-19(9-14)29-12-28-18/h3-10H,11-12H2,1-2H3,(H,25,26)(H,22,23,24). The number of hydrogen-bond acceptors (Lipinski definition) is 7. The lowest BCUT2D eigenvalue weighted by atomic mass is 10.2. The van der Waals surface area contributed by atoms with Crippen LogP contribution in [0.3, 0.4) is 0 Å². The second kappa shape index (κ2) is 8.05. The SMILES string of the molecule is COc1ccccc1NC(=O)c1cc(NCc2ccc3c(c2)OCO3)nc(C)n1. The summed E-state index contributed by atoms with van der Waals surface area (Å²) in [5, 5.41) is 6.04. The van der Waals surface area contributed by atoms with Crippen molar-refractivity contribution in [1.82, 2.24) is 9.97 Å². The van der Waals surface area contributed by atoms with E-state index in [0.717, 1.165) is 17.1 Å². The van der Waals surface area contributed by atoms with Crippen LogP contribution in [0.5, 0.6) is 17.2 Å². The molecule has 1 amide bonds. The van der Waals surface area contributed by atoms with Crippen molar-refractivity contribution in [2.24, 2.45) is 0 Å². The van der Waals surface area contributed by atoms with Gasteiger partial charge in [0, 0.05) is 12.6 Å². The van der Waals surface area contributed by atoms with Gasteiger partial charge in [-0.1, -0.05) is 18.2 Å². The Morgan fingerprint density at radius 1 is 1.10 bits per heavy atom. The summed E-state index contributed by atoms with van der Waals surface area (Å²) < 4.78 is 16.0. The molecule has 4 rings (SSSR count). The first-order chi connectivity index (χ1) is 14.1. The first-order valence-electron chi connectivity index (χ1n) is 9.05. The zero-order chi connectivity index (χ0) is 20.2. The van der Waals surface area contributed by atoms with Crippen LogP contribution in [0.25, 0.3) is 0 Å². The highest BCUT2D eigenvalue weighted by molar-refractivity contribution is 6.04. The lowest BCUT2D eigenvalue weighted by Gasteiger charge is -2.11. The molecule has 0 aliphatic carbocycles. The van der Waals surface area contributed by atoms with Gasteiger partial charge in [0.25, 0.3) is 5.91 Å². The Kier molecular flexibility index (Phi) is 5.15. The molecule has 0 saturated carbocycles. The molecule has 0 saturated heterocycles. The fraction of sp³-hybridized carbons (Fsp3) is 0.190. The maximum absolute atomic E-state index is 12.7. The van der Waals surface area contributed by atoms with Gasteiger partial charge in [0.15, 0.2) is 11.5 Å². The quantitative estimate of drug-likeness (QED) is 0.664. The van der Waals surface area contributed by atoms with Crippen LogP contribution in [0.2, 0.25) is 0 Å². The van der Waals surface area contributed by atoms with Gasteiger partial charge in [0.05, 0.1) is 12.8 Å². The fourth-order valence-corrected chi connectivity index (χ4v) is 2.95. The number of anilines is 2. The summed E-state index contributed by atoms with van der Waals surface area (Å²) in [6.07, 6.45) is 0. The van der Waals surface area contributed by atoms with Gasteiger partial charge in [0.1, 0.15) is 23.1 Å². The molecule has 1 aliphatic heterocycles. The average Bonchev–Trinajstić information content (AvgIpc) is 3.20. The van der Waals surface area contributed by atoms with Crippen LogP contribution in [0.4, 0.5) is 11.5 Å². The number of fused-ring (bicyclic) bond motifs is 1. The zero-order valence-corrected chi connectivity index (χ0v) is 16.1. The van der Waals surface area contributed by atoms with Gasteiger partial charge >= 0.3 is 0 Å². The van der Waals surface area contributed by atoms with Gasteiger partial charge in [-0.25, -0.2) is 9.97 Å². The van der Waals surface area contributed by atoms with Crippen molar-refractivity contribution in [3.05, 3.63) is 65.6 Å². The van der Waals surface area contributed by atoms with Gasteiger partial charge in [0.2, 0.25) is 6.79 Å². The number of methoxy groups -OCH3 is 1. The van der Waals surface area contributed by atoms with Gasteiger partial charge < -0.3 is 24.8 Å². The second-order valence-corrected chi connectivity index (χ2v) is 6.38. The number of aryl methyl sites for hydroxylation is 1. The molecule has 0 atom stereocenters. The molecule has 2 N–H and O–H groups in total. The number of nitrogens with one attached hydrogen (secondary N) is 2. The Balaban J connectivity index is 1.47. The third-order valence-electron chi connectivity index (χ3n) is 4.34. The number of carbonyl (C=O) groups is 1. The molecule has 148 valence electrons. The molecular weight excluding hydrogens is 372 g/mol. The largest absolute Gasteiger partial charge is 0.495 e. The molecule has 0 spiro atoms. The smallest absolute Gasteiger partial charge is 0.274 e. The third kappa shape index (κ3) is 4.21. The highest BCUT2D eigenvalue weighted by Gasteiger charge is 2.15. The summed E-state index contributed by atoms with van der Waals surface area (Å²) in [4.78, 5) is 21.3. The number of carbonyl (C=O) groups excluding carboxylic acids is 1. The molecule has 29 heavy (non-hydrogen) atoms. The van der Waals surface area contributed by atoms with Crippen LogP contribution in [0, 0.1) is 6.92 Å². The van der Waals surface area contributed by atoms with E-state index >= 15 is 0 Å². The van der Waals surface area contributed by atoms with E-state index in [1.54, 1.807) is 32.2 Å². The van der Waals surface area contributed by atoms with E-state index in [2.05, 4.69) is 20.6 Å². The molecule has 0 fully saturated rings. The van der Waals surface area contributed by atoms with E-state index in [4.69, 9.17) is 14.2 Å². The van der Waals surface area contributed by atoms with E-state index in [1.165, 1.54) is 0 Å². The van der Waals surface area contributed by atoms with Crippen molar-refractivity contribution >= 4 is 17.4 Å². The van der Waals surface area contributed by atoms with Crippen molar-refractivity contribution in [1.29, 1.82) is 0 Å². The van der Waals surface area contributed by atoms with E-state index < -0.39 is 0 Å². The zero-order valence-electron chi connectivity index (χ0n) is 16.1. The van der Waals surface area contributed by atoms with Crippen LogP contribution in [0.1, 0.15) is 21.9 Å². The molecule has 8 heteroatoms. The van der Waals surface area contributed by atoms with Crippen molar-refractivity contribution in [3.8, 4) is 17.2 Å². The van der Waals surface area contributed by atoms with Crippen LogP contribution >= 0.6 is 0 Å². The first kappa shape index (κ1) is 18.5. The Labute approximate surface area is 167 Å². The van der Waals surface area contributed by atoms with Crippen molar-refractivity contribution in [2.45, 2.75) is 13.5 Å². The Morgan fingerprint density at radius 3 is 2.79 bits per heavy atom. The van der Waals surface area contributed by atoms with E-state index in [9.17, 15) is 4.79 Å². The summed E-state index contributed by atoms with van der Waals surface area (Å²) in [6, 6.07) is 14.6. The molecule has 8 nitrogen and oxygen atoms in total. The van der Waals surface area contributed by atoms with Crippen LogP contribution in [-0.2, 0) is 6.54 Å². The van der Waals surface area contributed by atoms with Gasteiger partial charge in [-0.15, -0.1) is 0 Å². The number of amides is 1. The summed E-state index contributed by atoms with van der Waals surface area (Å²) in [5.41, 5.74) is 1.84. The minimum atomic E-state index is -0.342. The number of aromatic nitrogens is 2. The monoisotopic (exact) mass is 392 g/mol. The average molecular weight is 392 g/mol. The maximum Gasteiger partial charge on any atom is 0.274 e. The molecule has 0 radical (unpaired) electrons. The Hall–Kier alpha value is -3.81. The van der Waals surface area contributed by atoms with Gasteiger partial charge in [-0.05, 0) is 36.8 Å². The molecule has 0 bridgehead atoms. The molecule has 2 heterocycles. The molecule has 2 aromatic carbocycles. The van der Waals surface area contributed by atoms with Crippen LogP contribution in [0.15, 0.2) is 48.5 Å². The topological polar surface area (TPSA) is 94.6 Å². The normalized spacial score (nSPS) is 11.8. The number of hydrogen-bond donors (Lipinski definition) is 2. The molecular formula is C21H20N4O4. The van der Waals surface area contributed by atoms with E-state index in [-0.39, 0.29) is 18.4 Å². The second-order valence-electron chi connectivity index (χ2n) is 6.38. The number of ether oxygens (including phenoxy) is 3. The minimum absolute atomic E-state index is 0.238.